The van der Waals surface area contributed by atoms with Crippen LogP contribution in [0.15, 0.2) is 49.3 Å². The lowest BCUT2D eigenvalue weighted by Gasteiger charge is -2.24. The van der Waals surface area contributed by atoms with Crippen molar-refractivity contribution in [1.29, 1.82) is 0 Å². The van der Waals surface area contributed by atoms with Gasteiger partial charge in [-0.3, -0.25) is 19.4 Å². The molecule has 0 bridgehead atoms. The van der Waals surface area contributed by atoms with Crippen molar-refractivity contribution in [3.8, 4) is 5.82 Å². The molecule has 4 heterocycles. The maximum atomic E-state index is 4.94. The number of hydrogen-bond donors (Lipinski definition) is 0. The molecule has 3 aromatic heterocycles. The fourth-order valence-electron chi connectivity index (χ4n) is 3.66. The van der Waals surface area contributed by atoms with Gasteiger partial charge in [-0.05, 0) is 31.0 Å². The fourth-order valence-corrected chi connectivity index (χ4v) is 3.66. The molecule has 0 amide bonds. The second-order valence-corrected chi connectivity index (χ2v) is 7.10. The van der Waals surface area contributed by atoms with E-state index in [4.69, 9.17) is 4.98 Å². The van der Waals surface area contributed by atoms with Gasteiger partial charge in [0.1, 0.15) is 5.82 Å². The van der Waals surface area contributed by atoms with Gasteiger partial charge < -0.3 is 0 Å². The Morgan fingerprint density at radius 1 is 1.15 bits per heavy atom. The minimum absolute atomic E-state index is 0.300. The fraction of sp³-hybridized carbons (Fsp3) is 0.400. The monoisotopic (exact) mass is 348 g/mol. The van der Waals surface area contributed by atoms with E-state index < -0.39 is 0 Å². The SMILES string of the molecule is CC(C)c1nccn1-c1cncc([C@H]2CCCN2Cc2cccnc2)n1. The lowest BCUT2D eigenvalue weighted by Crippen LogP contribution is -2.24. The normalized spacial score (nSPS) is 17.9. The Hall–Kier alpha value is -2.60. The van der Waals surface area contributed by atoms with Gasteiger partial charge in [0.15, 0.2) is 5.82 Å². The lowest BCUT2D eigenvalue weighted by atomic mass is 10.1. The van der Waals surface area contributed by atoms with Gasteiger partial charge in [-0.25, -0.2) is 9.97 Å². The summed E-state index contributed by atoms with van der Waals surface area (Å²) in [6, 6.07) is 4.42. The van der Waals surface area contributed by atoms with Crippen molar-refractivity contribution < 1.29 is 0 Å². The molecule has 26 heavy (non-hydrogen) atoms. The minimum Gasteiger partial charge on any atom is -0.290 e. The number of aromatic nitrogens is 5. The highest BCUT2D eigenvalue weighted by Crippen LogP contribution is 2.32. The van der Waals surface area contributed by atoms with Gasteiger partial charge in [0.25, 0.3) is 0 Å². The molecule has 0 spiro atoms. The van der Waals surface area contributed by atoms with Gasteiger partial charge in [0, 0.05) is 37.3 Å². The molecule has 1 atom stereocenters. The largest absolute Gasteiger partial charge is 0.290 e. The van der Waals surface area contributed by atoms with E-state index in [9.17, 15) is 0 Å². The number of nitrogens with zero attached hydrogens (tertiary/aromatic N) is 6. The summed E-state index contributed by atoms with van der Waals surface area (Å²) in [5, 5.41) is 0. The van der Waals surface area contributed by atoms with Crippen LogP contribution in [0.2, 0.25) is 0 Å². The Balaban J connectivity index is 1.60. The van der Waals surface area contributed by atoms with Crippen LogP contribution in [0.5, 0.6) is 0 Å². The molecule has 0 aliphatic carbocycles. The predicted octanol–water partition coefficient (Wildman–Crippen LogP) is 3.52. The van der Waals surface area contributed by atoms with Crippen LogP contribution in [0.4, 0.5) is 0 Å². The van der Waals surface area contributed by atoms with Gasteiger partial charge in [-0.1, -0.05) is 19.9 Å². The van der Waals surface area contributed by atoms with Gasteiger partial charge in [0.05, 0.1) is 24.1 Å². The Labute approximate surface area is 154 Å². The first-order chi connectivity index (χ1) is 12.7. The van der Waals surface area contributed by atoms with Crippen LogP contribution in [0.3, 0.4) is 0 Å². The third-order valence-corrected chi connectivity index (χ3v) is 4.89. The van der Waals surface area contributed by atoms with Crippen LogP contribution in [0.1, 0.15) is 55.7 Å². The molecule has 0 radical (unpaired) electrons. The standard InChI is InChI=1S/C20H24N6/c1-15(2)20-23-8-10-26(20)19-13-22-12-17(24-19)18-6-4-9-25(18)14-16-5-3-7-21-11-16/h3,5,7-8,10-13,15,18H,4,6,9,14H2,1-2H3/t18-/m1/s1. The van der Waals surface area contributed by atoms with Crippen LogP contribution in [0, 0.1) is 0 Å². The Morgan fingerprint density at radius 3 is 2.88 bits per heavy atom. The van der Waals surface area contributed by atoms with E-state index in [1.807, 2.05) is 47.8 Å². The van der Waals surface area contributed by atoms with Crippen LogP contribution in [-0.4, -0.2) is 35.9 Å². The average Bonchev–Trinajstić information content (AvgIpc) is 3.32. The average molecular weight is 348 g/mol. The van der Waals surface area contributed by atoms with Gasteiger partial charge in [-0.2, -0.15) is 0 Å². The Bertz CT molecular complexity index is 858. The zero-order valence-electron chi connectivity index (χ0n) is 15.3. The molecule has 6 nitrogen and oxygen atoms in total. The summed E-state index contributed by atoms with van der Waals surface area (Å²) in [7, 11) is 0. The molecule has 0 saturated carbocycles. The molecule has 1 aliphatic heterocycles. The predicted molar refractivity (Wildman–Crippen MR) is 99.9 cm³/mol. The highest BCUT2D eigenvalue weighted by molar-refractivity contribution is 5.25. The summed E-state index contributed by atoms with van der Waals surface area (Å²) in [6.45, 7) is 6.26. The molecule has 134 valence electrons. The molecule has 1 fully saturated rings. The van der Waals surface area contributed by atoms with E-state index in [1.54, 1.807) is 0 Å². The van der Waals surface area contributed by atoms with Crippen molar-refractivity contribution in [1.82, 2.24) is 29.4 Å². The summed E-state index contributed by atoms with van der Waals surface area (Å²) in [4.78, 5) is 20.6. The topological polar surface area (TPSA) is 59.7 Å². The molecule has 6 heteroatoms. The molecule has 1 aliphatic rings. The second kappa shape index (κ2) is 7.33. The number of rotatable bonds is 5. The highest BCUT2D eigenvalue weighted by atomic mass is 15.2. The number of hydrogen-bond acceptors (Lipinski definition) is 5. The smallest absolute Gasteiger partial charge is 0.156 e. The van der Waals surface area contributed by atoms with Crippen molar-refractivity contribution >= 4 is 0 Å². The van der Waals surface area contributed by atoms with Crippen molar-refractivity contribution in [3.05, 3.63) is 66.4 Å². The highest BCUT2D eigenvalue weighted by Gasteiger charge is 2.27. The number of likely N-dealkylation sites (tertiary alicyclic amines) is 1. The summed E-state index contributed by atoms with van der Waals surface area (Å²) >= 11 is 0. The quantitative estimate of drug-likeness (QED) is 0.706. The molecular weight excluding hydrogens is 324 g/mol. The lowest BCUT2D eigenvalue weighted by molar-refractivity contribution is 0.243. The molecular formula is C20H24N6. The third-order valence-electron chi connectivity index (χ3n) is 4.89. The summed E-state index contributed by atoms with van der Waals surface area (Å²) in [6.07, 6.45) is 13.6. The first-order valence-electron chi connectivity index (χ1n) is 9.21. The molecule has 1 saturated heterocycles. The van der Waals surface area contributed by atoms with Gasteiger partial charge in [0.2, 0.25) is 0 Å². The first-order valence-corrected chi connectivity index (χ1v) is 9.21. The van der Waals surface area contributed by atoms with Crippen LogP contribution >= 0.6 is 0 Å². The Kier molecular flexibility index (Phi) is 4.75. The van der Waals surface area contributed by atoms with E-state index in [1.165, 1.54) is 12.0 Å². The second-order valence-electron chi connectivity index (χ2n) is 7.10. The van der Waals surface area contributed by atoms with Crippen molar-refractivity contribution in [2.45, 2.75) is 45.2 Å². The molecule has 0 aromatic carbocycles. The molecule has 0 unspecified atom stereocenters. The summed E-state index contributed by atoms with van der Waals surface area (Å²) in [5.74, 6) is 2.19. The van der Waals surface area contributed by atoms with Crippen molar-refractivity contribution in [2.75, 3.05) is 6.54 Å². The van der Waals surface area contributed by atoms with Crippen molar-refractivity contribution in [2.24, 2.45) is 0 Å². The summed E-state index contributed by atoms with van der Waals surface area (Å²) < 4.78 is 2.04. The number of imidazole rings is 1. The summed E-state index contributed by atoms with van der Waals surface area (Å²) in [5.41, 5.74) is 2.27. The van der Waals surface area contributed by atoms with E-state index in [0.29, 0.717) is 12.0 Å². The van der Waals surface area contributed by atoms with E-state index >= 15 is 0 Å². The van der Waals surface area contributed by atoms with E-state index in [-0.39, 0.29) is 0 Å². The first kappa shape index (κ1) is 16.8. The maximum Gasteiger partial charge on any atom is 0.156 e. The zero-order valence-corrected chi connectivity index (χ0v) is 15.3. The van der Waals surface area contributed by atoms with Crippen molar-refractivity contribution in [3.63, 3.8) is 0 Å². The number of pyridine rings is 1. The molecule has 0 N–H and O–H groups in total. The maximum absolute atomic E-state index is 4.94. The van der Waals surface area contributed by atoms with Crippen LogP contribution in [-0.2, 0) is 6.54 Å². The molecule has 3 aromatic rings. The van der Waals surface area contributed by atoms with Crippen LogP contribution in [0.25, 0.3) is 5.82 Å². The van der Waals surface area contributed by atoms with Gasteiger partial charge in [-0.15, -0.1) is 0 Å². The van der Waals surface area contributed by atoms with Gasteiger partial charge >= 0.3 is 0 Å². The Morgan fingerprint density at radius 2 is 2.08 bits per heavy atom. The minimum atomic E-state index is 0.300. The zero-order chi connectivity index (χ0) is 17.9. The third kappa shape index (κ3) is 3.37. The molecule has 4 rings (SSSR count). The van der Waals surface area contributed by atoms with E-state index in [0.717, 1.165) is 36.8 Å². The van der Waals surface area contributed by atoms with E-state index in [2.05, 4.69) is 39.8 Å². The van der Waals surface area contributed by atoms with Crippen LogP contribution < -0.4 is 0 Å².